The van der Waals surface area contributed by atoms with Crippen LogP contribution in [0.2, 0.25) is 0 Å². The molecule has 0 unspecified atom stereocenters. The molecule has 1 heterocycles. The van der Waals surface area contributed by atoms with Gasteiger partial charge in [0.15, 0.2) is 5.82 Å². The third kappa shape index (κ3) is 1.66. The molecule has 0 bridgehead atoms. The molecule has 0 atom stereocenters. The molecule has 1 aromatic heterocycles. The number of nitrogens with two attached hydrogens (primary N) is 1. The van der Waals surface area contributed by atoms with Gasteiger partial charge in [-0.25, -0.2) is 14.4 Å². The van der Waals surface area contributed by atoms with Crippen molar-refractivity contribution in [2.45, 2.75) is 0 Å². The maximum Gasteiger partial charge on any atom is 0.223 e. The Balaban J connectivity index is 2.33. The van der Waals surface area contributed by atoms with Gasteiger partial charge < -0.3 is 5.73 Å². The van der Waals surface area contributed by atoms with Crippen LogP contribution in [0.1, 0.15) is 0 Å². The Morgan fingerprint density at radius 1 is 0.944 bits per heavy atom. The molecule has 0 saturated carbocycles. The number of fused-ring (bicyclic) bond motifs is 1. The number of rotatable bonds is 1. The van der Waals surface area contributed by atoms with E-state index in [1.54, 1.807) is 18.2 Å². The highest BCUT2D eigenvalue weighted by Gasteiger charge is 2.09. The van der Waals surface area contributed by atoms with Crippen molar-refractivity contribution in [3.05, 3.63) is 48.5 Å². The van der Waals surface area contributed by atoms with E-state index >= 15 is 0 Å². The molecule has 88 valence electrons. The van der Waals surface area contributed by atoms with Gasteiger partial charge in [-0.05, 0) is 17.5 Å². The highest BCUT2D eigenvalue weighted by molar-refractivity contribution is 5.95. The first kappa shape index (κ1) is 10.6. The molecule has 3 aromatic rings. The van der Waals surface area contributed by atoms with Crippen molar-refractivity contribution < 1.29 is 4.39 Å². The number of benzene rings is 2. The minimum Gasteiger partial charge on any atom is -0.368 e. The van der Waals surface area contributed by atoms with Crippen LogP contribution in [0.25, 0.3) is 22.2 Å². The van der Waals surface area contributed by atoms with Gasteiger partial charge in [-0.2, -0.15) is 4.98 Å². The molecule has 5 heteroatoms. The van der Waals surface area contributed by atoms with E-state index in [9.17, 15) is 4.39 Å². The summed E-state index contributed by atoms with van der Waals surface area (Å²) >= 11 is 0. The van der Waals surface area contributed by atoms with Crippen molar-refractivity contribution in [3.8, 4) is 11.4 Å². The normalized spacial score (nSPS) is 10.7. The topological polar surface area (TPSA) is 64.7 Å². The number of hydrogen-bond donors (Lipinski definition) is 1. The molecule has 0 aliphatic heterocycles. The van der Waals surface area contributed by atoms with Crippen LogP contribution < -0.4 is 5.73 Å². The molecule has 0 radical (unpaired) electrons. The number of nitrogens with zero attached hydrogens (tertiary/aromatic N) is 3. The quantitative estimate of drug-likeness (QED) is 0.709. The first-order chi connectivity index (χ1) is 8.75. The average Bonchev–Trinajstić information content (AvgIpc) is 2.39. The van der Waals surface area contributed by atoms with E-state index in [0.717, 1.165) is 10.9 Å². The zero-order valence-electron chi connectivity index (χ0n) is 9.34. The predicted molar refractivity (Wildman–Crippen MR) is 67.1 cm³/mol. The van der Waals surface area contributed by atoms with E-state index in [0.29, 0.717) is 11.2 Å². The molecule has 2 N–H and O–H groups in total. The molecule has 0 aliphatic rings. The van der Waals surface area contributed by atoms with Gasteiger partial charge in [0.05, 0.1) is 0 Å². The molecule has 2 aromatic carbocycles. The van der Waals surface area contributed by atoms with Crippen molar-refractivity contribution in [3.63, 3.8) is 0 Å². The maximum atomic E-state index is 13.7. The molecular weight excluding hydrogens is 231 g/mol. The number of anilines is 1. The molecule has 0 spiro atoms. The second kappa shape index (κ2) is 4.03. The summed E-state index contributed by atoms with van der Waals surface area (Å²) in [6.07, 6.45) is 1.34. The Hall–Kier alpha value is -2.56. The lowest BCUT2D eigenvalue weighted by Gasteiger charge is -2.06. The van der Waals surface area contributed by atoms with Gasteiger partial charge >= 0.3 is 0 Å². The highest BCUT2D eigenvalue weighted by atomic mass is 19.1. The van der Waals surface area contributed by atoms with Crippen LogP contribution in [0.4, 0.5) is 10.3 Å². The summed E-state index contributed by atoms with van der Waals surface area (Å²) in [5, 5.41) is 1.29. The van der Waals surface area contributed by atoms with Crippen molar-refractivity contribution in [1.29, 1.82) is 0 Å². The van der Waals surface area contributed by atoms with Gasteiger partial charge in [-0.15, -0.1) is 0 Å². The summed E-state index contributed by atoms with van der Waals surface area (Å²) in [6, 6.07) is 10.2. The Morgan fingerprint density at radius 3 is 2.50 bits per heavy atom. The van der Waals surface area contributed by atoms with Crippen LogP contribution in [-0.2, 0) is 0 Å². The van der Waals surface area contributed by atoms with Gasteiger partial charge in [0.25, 0.3) is 0 Å². The van der Waals surface area contributed by atoms with Crippen LogP contribution in [0.15, 0.2) is 42.7 Å². The summed E-state index contributed by atoms with van der Waals surface area (Å²) in [5.41, 5.74) is 6.27. The van der Waals surface area contributed by atoms with E-state index in [2.05, 4.69) is 15.0 Å². The highest BCUT2D eigenvalue weighted by Crippen LogP contribution is 2.27. The van der Waals surface area contributed by atoms with Crippen molar-refractivity contribution >= 4 is 16.7 Å². The molecule has 18 heavy (non-hydrogen) atoms. The zero-order valence-corrected chi connectivity index (χ0v) is 9.34. The largest absolute Gasteiger partial charge is 0.368 e. The monoisotopic (exact) mass is 240 g/mol. The molecular formula is C13H9FN4. The van der Waals surface area contributed by atoms with E-state index in [-0.39, 0.29) is 11.8 Å². The molecule has 0 saturated heterocycles. The fourth-order valence-electron chi connectivity index (χ4n) is 1.90. The first-order valence-electron chi connectivity index (χ1n) is 5.38. The second-order valence-electron chi connectivity index (χ2n) is 3.81. The maximum absolute atomic E-state index is 13.7. The van der Waals surface area contributed by atoms with Crippen LogP contribution in [0, 0.1) is 5.82 Å². The Morgan fingerprint density at radius 2 is 1.72 bits per heavy atom. The first-order valence-corrected chi connectivity index (χ1v) is 5.38. The van der Waals surface area contributed by atoms with Crippen LogP contribution in [-0.4, -0.2) is 15.0 Å². The molecule has 3 rings (SSSR count). The van der Waals surface area contributed by atoms with E-state index in [1.165, 1.54) is 12.4 Å². The van der Waals surface area contributed by atoms with E-state index < -0.39 is 0 Å². The predicted octanol–water partition coefficient (Wildman–Crippen LogP) is 2.41. The third-order valence-electron chi connectivity index (χ3n) is 2.70. The summed E-state index contributed by atoms with van der Waals surface area (Å²) < 4.78 is 13.7. The van der Waals surface area contributed by atoms with Gasteiger partial charge in [0.1, 0.15) is 12.1 Å². The van der Waals surface area contributed by atoms with E-state index in [4.69, 9.17) is 5.73 Å². The lowest BCUT2D eigenvalue weighted by Crippen LogP contribution is -1.98. The summed E-state index contributed by atoms with van der Waals surface area (Å²) in [7, 11) is 0. The fraction of sp³-hybridized carbons (Fsp3) is 0. The van der Waals surface area contributed by atoms with Crippen molar-refractivity contribution in [2.24, 2.45) is 0 Å². The van der Waals surface area contributed by atoms with E-state index in [1.807, 2.05) is 12.1 Å². The SMILES string of the molecule is Nc1ncnc(-c2ccc(F)c3ccccc23)n1. The summed E-state index contributed by atoms with van der Waals surface area (Å²) in [5.74, 6) is 0.323. The van der Waals surface area contributed by atoms with Gasteiger partial charge in [-0.1, -0.05) is 24.3 Å². The second-order valence-corrected chi connectivity index (χ2v) is 3.81. The Kier molecular flexibility index (Phi) is 2.37. The van der Waals surface area contributed by atoms with Gasteiger partial charge in [-0.3, -0.25) is 0 Å². The van der Waals surface area contributed by atoms with Crippen molar-refractivity contribution in [2.75, 3.05) is 5.73 Å². The van der Waals surface area contributed by atoms with Gasteiger partial charge in [0, 0.05) is 10.9 Å². The molecule has 0 aliphatic carbocycles. The number of aromatic nitrogens is 3. The fourth-order valence-corrected chi connectivity index (χ4v) is 1.90. The average molecular weight is 240 g/mol. The zero-order chi connectivity index (χ0) is 12.5. The lowest BCUT2D eigenvalue weighted by atomic mass is 10.0. The number of hydrogen-bond acceptors (Lipinski definition) is 4. The Bertz CT molecular complexity index is 727. The third-order valence-corrected chi connectivity index (χ3v) is 2.70. The number of halogens is 1. The van der Waals surface area contributed by atoms with Crippen LogP contribution >= 0.6 is 0 Å². The van der Waals surface area contributed by atoms with Crippen LogP contribution in [0.3, 0.4) is 0 Å². The van der Waals surface area contributed by atoms with Crippen molar-refractivity contribution in [1.82, 2.24) is 15.0 Å². The Labute approximate surface area is 102 Å². The lowest BCUT2D eigenvalue weighted by molar-refractivity contribution is 0.640. The summed E-state index contributed by atoms with van der Waals surface area (Å²) in [4.78, 5) is 11.9. The van der Waals surface area contributed by atoms with Crippen LogP contribution in [0.5, 0.6) is 0 Å². The molecule has 0 fully saturated rings. The minimum absolute atomic E-state index is 0.147. The molecule has 0 amide bonds. The van der Waals surface area contributed by atoms with Gasteiger partial charge in [0.2, 0.25) is 5.95 Å². The smallest absolute Gasteiger partial charge is 0.223 e. The number of nitrogen functional groups attached to an aromatic ring is 1. The summed E-state index contributed by atoms with van der Waals surface area (Å²) in [6.45, 7) is 0. The molecule has 4 nitrogen and oxygen atoms in total. The standard InChI is InChI=1S/C13H9FN4/c14-11-6-5-10(8-3-1-2-4-9(8)11)12-16-7-17-13(15)18-12/h1-7H,(H2,15,16,17,18). The minimum atomic E-state index is -0.267.